The molecule has 0 spiro atoms. The topological polar surface area (TPSA) is 114 Å². The van der Waals surface area contributed by atoms with Gasteiger partial charge in [-0.3, -0.25) is 4.55 Å². The Morgan fingerprint density at radius 3 is 2.62 bits per heavy atom. The van der Waals surface area contributed by atoms with Crippen molar-refractivity contribution in [3.63, 3.8) is 0 Å². The van der Waals surface area contributed by atoms with Gasteiger partial charge in [-0.25, -0.2) is 4.79 Å². The number of hydrogen-bond donors (Lipinski definition) is 1. The van der Waals surface area contributed by atoms with Crippen LogP contribution in [0.3, 0.4) is 0 Å². The third-order valence-corrected chi connectivity index (χ3v) is 9.42. The van der Waals surface area contributed by atoms with Crippen LogP contribution < -0.4 is 20.7 Å². The van der Waals surface area contributed by atoms with Crippen molar-refractivity contribution < 1.29 is 22.0 Å². The van der Waals surface area contributed by atoms with Gasteiger partial charge in [0.1, 0.15) is 5.76 Å². The highest BCUT2D eigenvalue weighted by Crippen LogP contribution is 2.51. The maximum absolute atomic E-state index is 12.8. The van der Waals surface area contributed by atoms with Crippen LogP contribution in [0.2, 0.25) is 0 Å². The zero-order chi connectivity index (χ0) is 30.0. The Morgan fingerprint density at radius 1 is 1.10 bits per heavy atom. The number of nitrogens with zero attached hydrogens (tertiary/aromatic N) is 3. The zero-order valence-corrected chi connectivity index (χ0v) is 25.0. The molecule has 0 radical (unpaired) electrons. The lowest BCUT2D eigenvalue weighted by Gasteiger charge is -2.27. The first-order chi connectivity index (χ1) is 19.9. The average Bonchev–Trinajstić information content (AvgIpc) is 3.17. The van der Waals surface area contributed by atoms with E-state index in [1.807, 2.05) is 24.3 Å². The van der Waals surface area contributed by atoms with Crippen LogP contribution in [-0.2, 0) is 36.0 Å². The molecule has 218 valence electrons. The lowest BCUT2D eigenvalue weighted by Crippen LogP contribution is -2.57. The minimum atomic E-state index is -4.09. The van der Waals surface area contributed by atoms with E-state index in [1.165, 1.54) is 17.2 Å². The number of rotatable bonds is 5. The molecule has 6 rings (SSSR count). The normalized spacial score (nSPS) is 18.3. The Balaban J connectivity index is 1.50. The van der Waals surface area contributed by atoms with Crippen molar-refractivity contribution >= 4 is 32.2 Å². The fourth-order valence-electron chi connectivity index (χ4n) is 6.56. The Hall–Kier alpha value is -4.02. The van der Waals surface area contributed by atoms with Crippen LogP contribution >= 0.6 is 0 Å². The first-order valence-electron chi connectivity index (χ1n) is 14.1. The smallest absolute Gasteiger partial charge is 0.422 e. The summed E-state index contributed by atoms with van der Waals surface area (Å²) in [6.45, 7) is 4.76. The highest BCUT2D eigenvalue weighted by molar-refractivity contribution is 7.85. The molecule has 3 heterocycles. The van der Waals surface area contributed by atoms with Crippen molar-refractivity contribution in [3.05, 3.63) is 98.0 Å². The van der Waals surface area contributed by atoms with Gasteiger partial charge in [0, 0.05) is 23.3 Å². The second-order valence-corrected chi connectivity index (χ2v) is 13.3. The molecule has 2 aromatic carbocycles. The molecule has 10 heteroatoms. The van der Waals surface area contributed by atoms with Crippen molar-refractivity contribution in [3.8, 4) is 11.5 Å². The van der Waals surface area contributed by atoms with Gasteiger partial charge in [-0.15, -0.1) is 0 Å². The van der Waals surface area contributed by atoms with Gasteiger partial charge < -0.3 is 9.32 Å². The summed E-state index contributed by atoms with van der Waals surface area (Å²) in [7, 11) is -1.02. The van der Waals surface area contributed by atoms with E-state index in [-0.39, 0.29) is 23.6 Å². The summed E-state index contributed by atoms with van der Waals surface area (Å²) >= 11 is 0. The summed E-state index contributed by atoms with van der Waals surface area (Å²) in [6, 6.07) is 14.3. The first-order valence-corrected chi connectivity index (χ1v) is 15.7. The van der Waals surface area contributed by atoms with Gasteiger partial charge in [0.15, 0.2) is 5.56 Å². The SMILES string of the molecule is Cn1c(=O)c2cc3c(oc-2[n+](C)c1=O)/C(=C\C=C1\N(CCCS(=O)(=O)O)c2ccc4ccccc4c2C1(C)C)CCC3. The van der Waals surface area contributed by atoms with Crippen LogP contribution in [0.1, 0.15) is 50.0 Å². The number of anilines is 1. The monoisotopic (exact) mass is 588 g/mol. The van der Waals surface area contributed by atoms with E-state index in [2.05, 4.69) is 49.1 Å². The van der Waals surface area contributed by atoms with Crippen LogP contribution in [0.15, 0.2) is 74.3 Å². The fraction of sp³-hybridized carbons (Fsp3) is 0.344. The second kappa shape index (κ2) is 10.1. The molecule has 0 amide bonds. The lowest BCUT2D eigenvalue weighted by atomic mass is 9.81. The van der Waals surface area contributed by atoms with E-state index < -0.39 is 21.2 Å². The van der Waals surface area contributed by atoms with E-state index in [0.29, 0.717) is 17.9 Å². The predicted octanol–water partition coefficient (Wildman–Crippen LogP) is 4.10. The van der Waals surface area contributed by atoms with Crippen LogP contribution in [0, 0.1) is 0 Å². The molecule has 0 saturated carbocycles. The molecule has 0 saturated heterocycles. The summed E-state index contributed by atoms with van der Waals surface area (Å²) in [5.74, 6) is 0.596. The molecule has 2 aromatic rings. The maximum atomic E-state index is 12.8. The molecule has 0 aromatic heterocycles. The van der Waals surface area contributed by atoms with Crippen molar-refractivity contribution in [2.45, 2.75) is 44.9 Å². The summed E-state index contributed by atoms with van der Waals surface area (Å²) in [4.78, 5) is 27.6. The van der Waals surface area contributed by atoms with Gasteiger partial charge >= 0.3 is 17.1 Å². The van der Waals surface area contributed by atoms with Crippen molar-refractivity contribution in [1.29, 1.82) is 0 Å². The minimum Gasteiger partial charge on any atom is -0.422 e. The van der Waals surface area contributed by atoms with Gasteiger partial charge in [-0.2, -0.15) is 22.3 Å². The first kappa shape index (κ1) is 28.1. The second-order valence-electron chi connectivity index (χ2n) is 11.7. The molecular weight excluding hydrogens is 554 g/mol. The van der Waals surface area contributed by atoms with Gasteiger partial charge in [0.2, 0.25) is 0 Å². The standard InChI is InChI=1S/C32H33N3O6S/c1-32(2)26(35(17-8-18-42(38,39)40)25-15-13-20-9-5-6-12-23(20)27(25)32)16-14-21-10-7-11-22-19-24-29(36)33(3)31(37)34(4)30(24)41-28(21)22/h5-6,9,12-16,19H,7-8,10-11,17-18H2,1-4H3/p+1. The highest BCUT2D eigenvalue weighted by atomic mass is 32.2. The van der Waals surface area contributed by atoms with E-state index in [4.69, 9.17) is 4.42 Å². The third-order valence-electron chi connectivity index (χ3n) is 8.62. The Kier molecular flexibility index (Phi) is 6.74. The van der Waals surface area contributed by atoms with E-state index in [0.717, 1.165) is 57.1 Å². The quantitative estimate of drug-likeness (QED) is 0.276. The molecule has 0 unspecified atom stereocenters. The zero-order valence-electron chi connectivity index (χ0n) is 24.2. The third kappa shape index (κ3) is 4.59. The summed E-state index contributed by atoms with van der Waals surface area (Å²) in [5, 5.41) is 2.27. The molecule has 9 nitrogen and oxygen atoms in total. The molecular formula is C32H34N3O6S+. The lowest BCUT2D eigenvalue weighted by molar-refractivity contribution is -0.688. The largest absolute Gasteiger partial charge is 0.503 e. The number of aryl methyl sites for hydroxylation is 1. The Bertz CT molecular complexity index is 2020. The summed E-state index contributed by atoms with van der Waals surface area (Å²) < 4.78 is 41.2. The number of hydrogen-bond acceptors (Lipinski definition) is 6. The van der Waals surface area contributed by atoms with Crippen LogP contribution in [-0.4, -0.2) is 29.8 Å². The summed E-state index contributed by atoms with van der Waals surface area (Å²) in [6.07, 6.45) is 6.81. The summed E-state index contributed by atoms with van der Waals surface area (Å²) in [5.41, 5.74) is 4.24. The van der Waals surface area contributed by atoms with Gasteiger partial charge in [0.05, 0.1) is 19.8 Å². The van der Waals surface area contributed by atoms with Gasteiger partial charge in [-0.05, 0) is 71.4 Å². The fourth-order valence-corrected chi connectivity index (χ4v) is 7.05. The van der Waals surface area contributed by atoms with Crippen molar-refractivity contribution in [2.24, 2.45) is 14.1 Å². The number of aromatic nitrogens is 2. The predicted molar refractivity (Wildman–Crippen MR) is 162 cm³/mol. The molecule has 42 heavy (non-hydrogen) atoms. The van der Waals surface area contributed by atoms with Gasteiger partial charge in [-0.1, -0.05) is 50.3 Å². The molecule has 0 fully saturated rings. The van der Waals surface area contributed by atoms with Crippen molar-refractivity contribution in [1.82, 2.24) is 4.57 Å². The molecule has 1 N–H and O–H groups in total. The van der Waals surface area contributed by atoms with Crippen LogP contribution in [0.5, 0.6) is 0 Å². The number of allylic oxidation sites excluding steroid dienone is 4. The van der Waals surface area contributed by atoms with Crippen molar-refractivity contribution in [2.75, 3.05) is 17.2 Å². The average molecular weight is 589 g/mol. The van der Waals surface area contributed by atoms with E-state index in [9.17, 15) is 22.6 Å². The Morgan fingerprint density at radius 2 is 1.86 bits per heavy atom. The van der Waals surface area contributed by atoms with Gasteiger partial charge in [0.25, 0.3) is 10.1 Å². The molecule has 1 aliphatic carbocycles. The molecule has 3 aliphatic heterocycles. The number of benzene rings is 2. The van der Waals surface area contributed by atoms with E-state index >= 15 is 0 Å². The van der Waals surface area contributed by atoms with E-state index in [1.54, 1.807) is 7.05 Å². The highest BCUT2D eigenvalue weighted by Gasteiger charge is 2.41. The molecule has 0 atom stereocenters. The van der Waals surface area contributed by atoms with Crippen LogP contribution in [0.25, 0.3) is 27.8 Å². The number of fused-ring (bicyclic) bond motifs is 5. The minimum absolute atomic E-state index is 0.245. The molecule has 4 aliphatic rings. The maximum Gasteiger partial charge on any atom is 0.503 e. The molecule has 0 bridgehead atoms. The van der Waals surface area contributed by atoms with Crippen LogP contribution in [0.4, 0.5) is 5.69 Å². The Labute approximate surface area is 244 Å².